The van der Waals surface area contributed by atoms with Crippen LogP contribution < -0.4 is 5.32 Å². The largest absolute Gasteiger partial charge is 0.348 e. The van der Waals surface area contributed by atoms with Crippen molar-refractivity contribution in [2.45, 2.75) is 52.0 Å². The van der Waals surface area contributed by atoms with Crippen molar-refractivity contribution in [1.82, 2.24) is 15.1 Å². The number of aryl methyl sites for hydroxylation is 2. The van der Waals surface area contributed by atoms with Gasteiger partial charge in [0.15, 0.2) is 0 Å². The van der Waals surface area contributed by atoms with E-state index in [1.165, 1.54) is 30.6 Å². The monoisotopic (exact) mass is 331 g/mol. The van der Waals surface area contributed by atoms with Crippen LogP contribution >= 0.6 is 11.3 Å². The molecule has 1 aliphatic carbocycles. The van der Waals surface area contributed by atoms with Crippen LogP contribution in [0, 0.1) is 19.8 Å². The Balaban J connectivity index is 1.73. The van der Waals surface area contributed by atoms with E-state index in [0.717, 1.165) is 17.0 Å². The summed E-state index contributed by atoms with van der Waals surface area (Å²) in [6.45, 7) is 4.00. The number of amides is 1. The van der Waals surface area contributed by atoms with Crippen molar-refractivity contribution in [3.63, 3.8) is 0 Å². The fraction of sp³-hybridized carbons (Fsp3) is 0.556. The molecule has 0 aliphatic heterocycles. The van der Waals surface area contributed by atoms with Crippen LogP contribution in [-0.4, -0.2) is 15.7 Å². The maximum atomic E-state index is 12.6. The molecule has 1 unspecified atom stereocenters. The summed E-state index contributed by atoms with van der Waals surface area (Å²) in [4.78, 5) is 13.9. The molecule has 3 rings (SSSR count). The van der Waals surface area contributed by atoms with Gasteiger partial charge in [-0.05, 0) is 44.1 Å². The van der Waals surface area contributed by atoms with Gasteiger partial charge >= 0.3 is 0 Å². The molecule has 4 nitrogen and oxygen atoms in total. The highest BCUT2D eigenvalue weighted by Crippen LogP contribution is 2.37. The number of nitrogens with one attached hydrogen (secondary N) is 1. The smallest absolute Gasteiger partial charge is 0.225 e. The molecule has 0 spiro atoms. The van der Waals surface area contributed by atoms with Gasteiger partial charge in [-0.15, -0.1) is 11.3 Å². The Kier molecular flexibility index (Phi) is 4.85. The predicted octanol–water partition coefficient (Wildman–Crippen LogP) is 3.69. The van der Waals surface area contributed by atoms with Gasteiger partial charge in [-0.25, -0.2) is 0 Å². The molecule has 1 N–H and O–H groups in total. The Labute approximate surface area is 141 Å². The lowest BCUT2D eigenvalue weighted by Gasteiger charge is -2.24. The van der Waals surface area contributed by atoms with Crippen LogP contribution in [-0.2, 0) is 18.3 Å². The molecule has 23 heavy (non-hydrogen) atoms. The number of hydrogen-bond acceptors (Lipinski definition) is 3. The molecule has 2 aromatic rings. The molecule has 1 aliphatic rings. The van der Waals surface area contributed by atoms with Gasteiger partial charge in [0.05, 0.1) is 18.2 Å². The van der Waals surface area contributed by atoms with Crippen LogP contribution in [0.25, 0.3) is 0 Å². The SMILES string of the molecule is Cc1nn(C)c(C)c1CC(=O)NC(c1cccs1)C1CCCC1. The lowest BCUT2D eigenvalue weighted by molar-refractivity contribution is -0.121. The molecule has 0 bridgehead atoms. The van der Waals surface area contributed by atoms with E-state index < -0.39 is 0 Å². The molecule has 0 saturated heterocycles. The zero-order chi connectivity index (χ0) is 16.4. The Hall–Kier alpha value is -1.62. The highest BCUT2D eigenvalue weighted by atomic mass is 32.1. The Morgan fingerprint density at radius 3 is 2.74 bits per heavy atom. The minimum atomic E-state index is 0.106. The normalized spacial score (nSPS) is 16.7. The van der Waals surface area contributed by atoms with Gasteiger partial charge in [0.2, 0.25) is 5.91 Å². The van der Waals surface area contributed by atoms with Crippen molar-refractivity contribution in [3.05, 3.63) is 39.3 Å². The summed E-state index contributed by atoms with van der Waals surface area (Å²) in [6.07, 6.45) is 5.41. The second-order valence-corrected chi connectivity index (χ2v) is 7.53. The fourth-order valence-electron chi connectivity index (χ4n) is 3.64. The summed E-state index contributed by atoms with van der Waals surface area (Å²) < 4.78 is 1.85. The maximum Gasteiger partial charge on any atom is 0.225 e. The van der Waals surface area contributed by atoms with Gasteiger partial charge in [-0.3, -0.25) is 9.48 Å². The first-order valence-electron chi connectivity index (χ1n) is 8.38. The van der Waals surface area contributed by atoms with Crippen LogP contribution in [0.1, 0.15) is 53.6 Å². The predicted molar refractivity (Wildman–Crippen MR) is 93.5 cm³/mol. The highest BCUT2D eigenvalue weighted by Gasteiger charge is 2.28. The van der Waals surface area contributed by atoms with E-state index in [1.54, 1.807) is 11.3 Å². The van der Waals surface area contributed by atoms with Crippen molar-refractivity contribution in [2.24, 2.45) is 13.0 Å². The number of carbonyl (C=O) groups excluding carboxylic acids is 1. The lowest BCUT2D eigenvalue weighted by Crippen LogP contribution is -2.33. The van der Waals surface area contributed by atoms with Crippen molar-refractivity contribution >= 4 is 17.2 Å². The second kappa shape index (κ2) is 6.87. The highest BCUT2D eigenvalue weighted by molar-refractivity contribution is 7.10. The maximum absolute atomic E-state index is 12.6. The van der Waals surface area contributed by atoms with Crippen LogP contribution in [0.5, 0.6) is 0 Å². The van der Waals surface area contributed by atoms with Crippen LogP contribution in [0.15, 0.2) is 17.5 Å². The molecule has 2 aromatic heterocycles. The Bertz CT molecular complexity index is 669. The Morgan fingerprint density at radius 2 is 2.17 bits per heavy atom. The van der Waals surface area contributed by atoms with Crippen molar-refractivity contribution in [2.75, 3.05) is 0 Å². The topological polar surface area (TPSA) is 46.9 Å². The van der Waals surface area contributed by atoms with E-state index in [1.807, 2.05) is 25.6 Å². The van der Waals surface area contributed by atoms with Crippen LogP contribution in [0.4, 0.5) is 0 Å². The van der Waals surface area contributed by atoms with Crippen molar-refractivity contribution < 1.29 is 4.79 Å². The fourth-order valence-corrected chi connectivity index (χ4v) is 4.51. The molecule has 0 radical (unpaired) electrons. The number of aromatic nitrogens is 2. The Morgan fingerprint density at radius 1 is 1.43 bits per heavy atom. The van der Waals surface area contributed by atoms with Gasteiger partial charge in [-0.1, -0.05) is 18.9 Å². The average molecular weight is 331 g/mol. The molecular formula is C18H25N3OS. The van der Waals surface area contributed by atoms with Gasteiger partial charge in [0, 0.05) is 23.2 Å². The molecule has 1 saturated carbocycles. The van der Waals surface area contributed by atoms with E-state index in [4.69, 9.17) is 0 Å². The number of hydrogen-bond donors (Lipinski definition) is 1. The lowest BCUT2D eigenvalue weighted by atomic mass is 9.96. The van der Waals surface area contributed by atoms with Gasteiger partial charge < -0.3 is 5.32 Å². The summed E-state index contributed by atoms with van der Waals surface area (Å²) in [6, 6.07) is 4.39. The molecule has 1 fully saturated rings. The summed E-state index contributed by atoms with van der Waals surface area (Å²) in [5.41, 5.74) is 3.08. The summed E-state index contributed by atoms with van der Waals surface area (Å²) in [5, 5.41) is 9.81. The van der Waals surface area contributed by atoms with Crippen molar-refractivity contribution in [3.8, 4) is 0 Å². The number of carbonyl (C=O) groups is 1. The third-order valence-electron chi connectivity index (χ3n) is 5.03. The van der Waals surface area contributed by atoms with Crippen LogP contribution in [0.3, 0.4) is 0 Å². The van der Waals surface area contributed by atoms with Crippen LogP contribution in [0.2, 0.25) is 0 Å². The zero-order valence-corrected chi connectivity index (χ0v) is 14.9. The van der Waals surface area contributed by atoms with Crippen molar-refractivity contribution in [1.29, 1.82) is 0 Å². The standard InChI is InChI=1S/C18H25N3OS/c1-12-15(13(2)21(3)20-12)11-17(22)19-18(14-7-4-5-8-14)16-9-6-10-23-16/h6,9-10,14,18H,4-5,7-8,11H2,1-3H3,(H,19,22). The van der Waals surface area contributed by atoms with E-state index in [0.29, 0.717) is 12.3 Å². The van der Waals surface area contributed by atoms with Gasteiger partial charge in [-0.2, -0.15) is 5.10 Å². The molecule has 5 heteroatoms. The molecule has 1 amide bonds. The quantitative estimate of drug-likeness (QED) is 0.908. The third kappa shape index (κ3) is 3.50. The average Bonchev–Trinajstić information content (AvgIpc) is 3.25. The van der Waals surface area contributed by atoms with Gasteiger partial charge in [0.25, 0.3) is 0 Å². The zero-order valence-electron chi connectivity index (χ0n) is 14.1. The third-order valence-corrected chi connectivity index (χ3v) is 5.99. The second-order valence-electron chi connectivity index (χ2n) is 6.55. The van der Waals surface area contributed by atoms with E-state index in [-0.39, 0.29) is 11.9 Å². The molecule has 1 atom stereocenters. The number of nitrogens with zero attached hydrogens (tertiary/aromatic N) is 2. The number of rotatable bonds is 5. The molecule has 124 valence electrons. The first-order chi connectivity index (χ1) is 11.1. The molecular weight excluding hydrogens is 306 g/mol. The van der Waals surface area contributed by atoms with Gasteiger partial charge in [0.1, 0.15) is 0 Å². The van der Waals surface area contributed by atoms with E-state index in [9.17, 15) is 4.79 Å². The summed E-state index contributed by atoms with van der Waals surface area (Å²) >= 11 is 1.75. The van der Waals surface area contributed by atoms with E-state index in [2.05, 4.69) is 27.9 Å². The molecule has 2 heterocycles. The minimum absolute atomic E-state index is 0.106. The molecule has 0 aromatic carbocycles. The number of thiophene rings is 1. The van der Waals surface area contributed by atoms with E-state index >= 15 is 0 Å². The summed E-state index contributed by atoms with van der Waals surface area (Å²) in [5.74, 6) is 0.684. The first kappa shape index (κ1) is 16.2. The minimum Gasteiger partial charge on any atom is -0.348 e. The summed E-state index contributed by atoms with van der Waals surface area (Å²) in [7, 11) is 1.93. The first-order valence-corrected chi connectivity index (χ1v) is 9.26.